The zero-order chi connectivity index (χ0) is 17.1. The third-order valence-corrected chi connectivity index (χ3v) is 4.20. The lowest BCUT2D eigenvalue weighted by Crippen LogP contribution is -2.15. The average Bonchev–Trinajstić information content (AvgIpc) is 2.89. The van der Waals surface area contributed by atoms with Crippen molar-refractivity contribution in [2.45, 2.75) is 40.0 Å². The number of pyridine rings is 1. The third kappa shape index (κ3) is 3.32. The van der Waals surface area contributed by atoms with Crippen LogP contribution in [0.15, 0.2) is 42.6 Å². The summed E-state index contributed by atoms with van der Waals surface area (Å²) >= 11 is 0. The maximum atomic E-state index is 12.7. The first-order valence-corrected chi connectivity index (χ1v) is 8.44. The van der Waals surface area contributed by atoms with Crippen molar-refractivity contribution in [3.63, 3.8) is 0 Å². The number of nitrogens with one attached hydrogen (secondary N) is 1. The molecular formula is C20H23N3O. The number of imidazole rings is 1. The van der Waals surface area contributed by atoms with E-state index >= 15 is 0 Å². The summed E-state index contributed by atoms with van der Waals surface area (Å²) in [6.45, 7) is 6.07. The van der Waals surface area contributed by atoms with Crippen LogP contribution in [0.2, 0.25) is 0 Å². The van der Waals surface area contributed by atoms with Crippen LogP contribution in [0.3, 0.4) is 0 Å². The fraction of sp³-hybridized carbons (Fsp3) is 0.300. The molecule has 1 N–H and O–H groups in total. The van der Waals surface area contributed by atoms with E-state index in [-0.39, 0.29) is 5.91 Å². The molecule has 0 unspecified atom stereocenters. The van der Waals surface area contributed by atoms with Crippen LogP contribution in [-0.2, 0) is 6.42 Å². The Labute approximate surface area is 142 Å². The first kappa shape index (κ1) is 16.2. The first-order chi connectivity index (χ1) is 11.6. The number of hydrogen-bond acceptors (Lipinski definition) is 2. The Bertz CT molecular complexity index is 862. The minimum atomic E-state index is -0.134. The largest absolute Gasteiger partial charge is 0.321 e. The number of amides is 1. The molecule has 1 amide bonds. The molecule has 0 aliphatic rings. The smallest absolute Gasteiger partial charge is 0.274 e. The molecule has 0 atom stereocenters. The number of rotatable bonds is 5. The van der Waals surface area contributed by atoms with Crippen LogP contribution in [-0.4, -0.2) is 15.3 Å². The maximum Gasteiger partial charge on any atom is 0.274 e. The standard InChI is InChI=1S/C20H23N3O/c1-4-5-6-16-7-9-17(10-8-16)22-20(24)19-15(3)21-18-13-14(2)11-12-23(18)19/h7-13H,4-6H2,1-3H3,(H,22,24). The van der Waals surface area contributed by atoms with Crippen molar-refractivity contribution in [1.29, 1.82) is 0 Å². The molecule has 0 saturated heterocycles. The van der Waals surface area contributed by atoms with Crippen molar-refractivity contribution >= 4 is 17.2 Å². The summed E-state index contributed by atoms with van der Waals surface area (Å²) < 4.78 is 1.84. The lowest BCUT2D eigenvalue weighted by Gasteiger charge is -2.07. The van der Waals surface area contributed by atoms with Crippen LogP contribution >= 0.6 is 0 Å². The third-order valence-electron chi connectivity index (χ3n) is 4.20. The van der Waals surface area contributed by atoms with Crippen molar-refractivity contribution < 1.29 is 4.79 Å². The van der Waals surface area contributed by atoms with Gasteiger partial charge in [-0.15, -0.1) is 0 Å². The zero-order valence-electron chi connectivity index (χ0n) is 14.5. The van der Waals surface area contributed by atoms with E-state index in [4.69, 9.17) is 0 Å². The van der Waals surface area contributed by atoms with Gasteiger partial charge in [-0.05, 0) is 62.1 Å². The quantitative estimate of drug-likeness (QED) is 0.749. The number of anilines is 1. The minimum absolute atomic E-state index is 0.134. The van der Waals surface area contributed by atoms with Crippen LogP contribution in [0.1, 0.15) is 47.1 Å². The van der Waals surface area contributed by atoms with Gasteiger partial charge in [0.2, 0.25) is 0 Å². The zero-order valence-corrected chi connectivity index (χ0v) is 14.5. The van der Waals surface area contributed by atoms with Gasteiger partial charge < -0.3 is 5.32 Å². The topological polar surface area (TPSA) is 46.4 Å². The molecule has 0 fully saturated rings. The average molecular weight is 321 g/mol. The molecule has 124 valence electrons. The minimum Gasteiger partial charge on any atom is -0.321 e. The molecule has 0 aliphatic carbocycles. The molecule has 4 nitrogen and oxygen atoms in total. The van der Waals surface area contributed by atoms with Crippen molar-refractivity contribution in [2.24, 2.45) is 0 Å². The highest BCUT2D eigenvalue weighted by molar-refractivity contribution is 6.04. The van der Waals surface area contributed by atoms with Gasteiger partial charge in [-0.25, -0.2) is 4.98 Å². The van der Waals surface area contributed by atoms with E-state index in [1.165, 1.54) is 18.4 Å². The highest BCUT2D eigenvalue weighted by atomic mass is 16.2. The Morgan fingerprint density at radius 3 is 2.62 bits per heavy atom. The lowest BCUT2D eigenvalue weighted by atomic mass is 10.1. The number of unbranched alkanes of at least 4 members (excludes halogenated alkanes) is 1. The molecule has 0 radical (unpaired) electrons. The van der Waals surface area contributed by atoms with Gasteiger partial charge in [0.05, 0.1) is 5.69 Å². The van der Waals surface area contributed by atoms with Crippen LogP contribution in [0.25, 0.3) is 5.65 Å². The predicted molar refractivity (Wildman–Crippen MR) is 97.7 cm³/mol. The Hall–Kier alpha value is -2.62. The molecule has 0 spiro atoms. The van der Waals surface area contributed by atoms with E-state index in [0.29, 0.717) is 5.69 Å². The van der Waals surface area contributed by atoms with Gasteiger partial charge >= 0.3 is 0 Å². The summed E-state index contributed by atoms with van der Waals surface area (Å²) in [5.74, 6) is -0.134. The van der Waals surface area contributed by atoms with Crippen molar-refractivity contribution in [3.8, 4) is 0 Å². The molecule has 2 aromatic heterocycles. The Morgan fingerprint density at radius 1 is 1.17 bits per heavy atom. The summed E-state index contributed by atoms with van der Waals surface area (Å²) in [4.78, 5) is 17.2. The van der Waals surface area contributed by atoms with Crippen LogP contribution in [0, 0.1) is 13.8 Å². The van der Waals surface area contributed by atoms with Gasteiger partial charge in [0.25, 0.3) is 5.91 Å². The first-order valence-electron chi connectivity index (χ1n) is 8.44. The number of aryl methyl sites for hydroxylation is 3. The Kier molecular flexibility index (Phi) is 4.65. The van der Waals surface area contributed by atoms with Crippen LogP contribution < -0.4 is 5.32 Å². The number of aromatic nitrogens is 2. The summed E-state index contributed by atoms with van der Waals surface area (Å²) in [5.41, 5.74) is 5.35. The highest BCUT2D eigenvalue weighted by Gasteiger charge is 2.16. The number of carbonyl (C=O) groups is 1. The molecule has 0 aliphatic heterocycles. The second kappa shape index (κ2) is 6.87. The van der Waals surface area contributed by atoms with E-state index in [9.17, 15) is 4.79 Å². The number of carbonyl (C=O) groups excluding carboxylic acids is 1. The van der Waals surface area contributed by atoms with E-state index < -0.39 is 0 Å². The molecule has 3 rings (SSSR count). The monoisotopic (exact) mass is 321 g/mol. The van der Waals surface area contributed by atoms with Crippen molar-refractivity contribution in [3.05, 3.63) is 65.1 Å². The van der Waals surface area contributed by atoms with Gasteiger partial charge in [0.1, 0.15) is 11.3 Å². The van der Waals surface area contributed by atoms with E-state index in [1.807, 2.05) is 48.7 Å². The number of fused-ring (bicyclic) bond motifs is 1. The highest BCUT2D eigenvalue weighted by Crippen LogP contribution is 2.17. The molecule has 24 heavy (non-hydrogen) atoms. The van der Waals surface area contributed by atoms with E-state index in [2.05, 4.69) is 29.4 Å². The summed E-state index contributed by atoms with van der Waals surface area (Å²) in [6.07, 6.45) is 5.35. The number of hydrogen-bond donors (Lipinski definition) is 1. The summed E-state index contributed by atoms with van der Waals surface area (Å²) in [7, 11) is 0. The molecule has 3 aromatic rings. The molecule has 0 bridgehead atoms. The maximum absolute atomic E-state index is 12.7. The Morgan fingerprint density at radius 2 is 1.92 bits per heavy atom. The van der Waals surface area contributed by atoms with Crippen LogP contribution in [0.4, 0.5) is 5.69 Å². The summed E-state index contributed by atoms with van der Waals surface area (Å²) in [6, 6.07) is 12.0. The number of nitrogens with zero attached hydrogens (tertiary/aromatic N) is 2. The van der Waals surface area contributed by atoms with Crippen molar-refractivity contribution in [1.82, 2.24) is 9.38 Å². The van der Waals surface area contributed by atoms with Gasteiger partial charge in [0.15, 0.2) is 0 Å². The number of benzene rings is 1. The van der Waals surface area contributed by atoms with E-state index in [0.717, 1.165) is 29.0 Å². The second-order valence-corrected chi connectivity index (χ2v) is 6.23. The normalized spacial score (nSPS) is 11.0. The molecule has 1 aromatic carbocycles. The van der Waals surface area contributed by atoms with Gasteiger partial charge in [-0.1, -0.05) is 25.5 Å². The van der Waals surface area contributed by atoms with E-state index in [1.54, 1.807) is 0 Å². The van der Waals surface area contributed by atoms with Crippen molar-refractivity contribution in [2.75, 3.05) is 5.32 Å². The molecule has 0 saturated carbocycles. The fourth-order valence-corrected chi connectivity index (χ4v) is 2.86. The van der Waals surface area contributed by atoms with Crippen LogP contribution in [0.5, 0.6) is 0 Å². The van der Waals surface area contributed by atoms with Gasteiger partial charge in [-0.2, -0.15) is 0 Å². The molecular weight excluding hydrogens is 298 g/mol. The lowest BCUT2D eigenvalue weighted by molar-refractivity contribution is 0.102. The fourth-order valence-electron chi connectivity index (χ4n) is 2.86. The summed E-state index contributed by atoms with van der Waals surface area (Å²) in [5, 5.41) is 2.98. The second-order valence-electron chi connectivity index (χ2n) is 6.23. The molecule has 2 heterocycles. The molecule has 4 heteroatoms. The Balaban J connectivity index is 1.81. The SMILES string of the molecule is CCCCc1ccc(NC(=O)c2c(C)nc3cc(C)ccn23)cc1. The predicted octanol–water partition coefficient (Wildman–Crippen LogP) is 4.55. The van der Waals surface area contributed by atoms with Gasteiger partial charge in [-0.3, -0.25) is 9.20 Å². The van der Waals surface area contributed by atoms with Gasteiger partial charge in [0, 0.05) is 11.9 Å².